The van der Waals surface area contributed by atoms with Crippen molar-refractivity contribution in [2.45, 2.75) is 49.3 Å². The third-order valence-corrected chi connectivity index (χ3v) is 7.08. The van der Waals surface area contributed by atoms with Crippen LogP contribution in [0.4, 0.5) is 0 Å². The first-order valence-electron chi connectivity index (χ1n) is 6.97. The summed E-state index contributed by atoms with van der Waals surface area (Å²) in [5, 5.41) is 2.80. The quantitative estimate of drug-likeness (QED) is 0.897. The summed E-state index contributed by atoms with van der Waals surface area (Å²) < 4.78 is 26.3. The van der Waals surface area contributed by atoms with Gasteiger partial charge < -0.3 is 5.32 Å². The molecule has 1 saturated carbocycles. The Hall–Kier alpha value is -0.920. The number of nitrogens with zero attached hydrogens (tertiary/aromatic N) is 1. The summed E-state index contributed by atoms with van der Waals surface area (Å²) >= 11 is 1.27. The van der Waals surface area contributed by atoms with Gasteiger partial charge in [0.1, 0.15) is 4.21 Å². The lowest BCUT2D eigenvalue weighted by molar-refractivity contribution is -0.121. The Morgan fingerprint density at radius 3 is 2.48 bits per heavy atom. The van der Waals surface area contributed by atoms with E-state index >= 15 is 0 Å². The van der Waals surface area contributed by atoms with Crippen LogP contribution in [0.15, 0.2) is 16.3 Å². The van der Waals surface area contributed by atoms with Crippen molar-refractivity contribution in [3.63, 3.8) is 0 Å². The molecule has 118 valence electrons. The number of nitrogens with one attached hydrogen (secondary N) is 1. The highest BCUT2D eigenvalue weighted by molar-refractivity contribution is 7.91. The van der Waals surface area contributed by atoms with Crippen LogP contribution in [0, 0.1) is 0 Å². The van der Waals surface area contributed by atoms with Gasteiger partial charge in [-0.05, 0) is 30.4 Å². The van der Waals surface area contributed by atoms with Crippen LogP contribution in [0.2, 0.25) is 0 Å². The van der Waals surface area contributed by atoms with Crippen LogP contribution >= 0.6 is 11.3 Å². The van der Waals surface area contributed by atoms with Gasteiger partial charge in [-0.3, -0.25) is 4.79 Å². The first-order valence-corrected chi connectivity index (χ1v) is 9.22. The first kappa shape index (κ1) is 16.5. The van der Waals surface area contributed by atoms with Crippen molar-refractivity contribution in [1.29, 1.82) is 0 Å². The Bertz CT molecular complexity index is 625. The topological polar surface area (TPSA) is 66.5 Å². The molecule has 1 heterocycles. The fourth-order valence-corrected chi connectivity index (χ4v) is 4.51. The second-order valence-corrected chi connectivity index (χ2v) is 9.83. The molecule has 2 rings (SSSR count). The van der Waals surface area contributed by atoms with Crippen LogP contribution in [0.1, 0.15) is 38.5 Å². The van der Waals surface area contributed by atoms with Gasteiger partial charge in [0.05, 0.1) is 6.54 Å². The van der Waals surface area contributed by atoms with Crippen molar-refractivity contribution < 1.29 is 13.2 Å². The molecule has 1 amide bonds. The number of hydrogen-bond donors (Lipinski definition) is 1. The van der Waals surface area contributed by atoms with E-state index in [0.717, 1.165) is 22.0 Å². The Balaban J connectivity index is 2.09. The number of thiophene rings is 1. The van der Waals surface area contributed by atoms with Crippen LogP contribution < -0.4 is 5.32 Å². The van der Waals surface area contributed by atoms with Crippen molar-refractivity contribution in [2.75, 3.05) is 13.6 Å². The third kappa shape index (κ3) is 4.05. The molecule has 21 heavy (non-hydrogen) atoms. The van der Waals surface area contributed by atoms with Gasteiger partial charge in [-0.15, -0.1) is 11.3 Å². The predicted octanol–water partition coefficient (Wildman–Crippen LogP) is 1.94. The third-order valence-electron chi connectivity index (χ3n) is 3.29. The van der Waals surface area contributed by atoms with Gasteiger partial charge in [-0.25, -0.2) is 8.42 Å². The normalized spacial score (nSPS) is 16.2. The molecule has 5 nitrogen and oxygen atoms in total. The predicted molar refractivity (Wildman–Crippen MR) is 84.0 cm³/mol. The smallest absolute Gasteiger partial charge is 0.252 e. The van der Waals surface area contributed by atoms with E-state index in [1.807, 2.05) is 26.8 Å². The molecule has 1 aromatic rings. The van der Waals surface area contributed by atoms with Crippen molar-refractivity contribution in [2.24, 2.45) is 0 Å². The molecule has 0 aliphatic heterocycles. The lowest BCUT2D eigenvalue weighted by atomic mass is 9.95. The second-order valence-electron chi connectivity index (χ2n) is 6.47. The van der Waals surface area contributed by atoms with Gasteiger partial charge in [-0.2, -0.15) is 4.31 Å². The summed E-state index contributed by atoms with van der Waals surface area (Å²) in [6.07, 6.45) is 1.98. The zero-order chi connectivity index (χ0) is 15.8. The lowest BCUT2D eigenvalue weighted by Gasteiger charge is -2.17. The monoisotopic (exact) mass is 330 g/mol. The molecule has 0 atom stereocenters. The highest BCUT2D eigenvalue weighted by Gasteiger charge is 2.29. The van der Waals surface area contributed by atoms with Crippen molar-refractivity contribution in [1.82, 2.24) is 9.62 Å². The summed E-state index contributed by atoms with van der Waals surface area (Å²) in [4.78, 5) is 12.7. The number of amides is 1. The zero-order valence-corrected chi connectivity index (χ0v) is 14.5. The lowest BCUT2D eigenvalue weighted by Crippen LogP contribution is -2.38. The Labute approximate surface area is 130 Å². The summed E-state index contributed by atoms with van der Waals surface area (Å²) in [7, 11) is -2.16. The molecule has 0 bridgehead atoms. The minimum atomic E-state index is -3.60. The van der Waals surface area contributed by atoms with E-state index in [-0.39, 0.29) is 28.1 Å². The van der Waals surface area contributed by atoms with Crippen molar-refractivity contribution in [3.8, 4) is 0 Å². The van der Waals surface area contributed by atoms with Gasteiger partial charge in [0, 0.05) is 18.0 Å². The molecule has 0 aromatic carbocycles. The van der Waals surface area contributed by atoms with Crippen molar-refractivity contribution in [3.05, 3.63) is 17.0 Å². The highest BCUT2D eigenvalue weighted by atomic mass is 32.2. The summed E-state index contributed by atoms with van der Waals surface area (Å²) in [5.41, 5.74) is -0.0830. The largest absolute Gasteiger partial charge is 0.352 e. The number of hydrogen-bond acceptors (Lipinski definition) is 4. The first-order chi connectivity index (χ1) is 9.60. The summed E-state index contributed by atoms with van der Waals surface area (Å²) in [6, 6.07) is 3.70. The molecule has 7 heteroatoms. The van der Waals surface area contributed by atoms with Crippen LogP contribution in [-0.2, 0) is 20.2 Å². The van der Waals surface area contributed by atoms with Gasteiger partial charge in [0.15, 0.2) is 0 Å². The van der Waals surface area contributed by atoms with E-state index in [9.17, 15) is 13.2 Å². The Morgan fingerprint density at radius 2 is 2.00 bits per heavy atom. The molecule has 1 aromatic heterocycles. The number of carbonyl (C=O) groups excluding carboxylic acids is 1. The average Bonchev–Trinajstić information content (AvgIpc) is 2.99. The average molecular weight is 330 g/mol. The van der Waals surface area contributed by atoms with Crippen LogP contribution in [-0.4, -0.2) is 38.3 Å². The van der Waals surface area contributed by atoms with E-state index in [2.05, 4.69) is 5.32 Å². The molecule has 1 fully saturated rings. The molecular weight excluding hydrogens is 308 g/mol. The van der Waals surface area contributed by atoms with Crippen LogP contribution in [0.5, 0.6) is 0 Å². The summed E-state index contributed by atoms with van der Waals surface area (Å²) in [5.74, 6) is -0.240. The second kappa shape index (κ2) is 5.70. The molecular formula is C14H22N2O3S2. The van der Waals surface area contributed by atoms with Gasteiger partial charge >= 0.3 is 0 Å². The minimum Gasteiger partial charge on any atom is -0.352 e. The molecule has 0 unspecified atom stereocenters. The Morgan fingerprint density at radius 1 is 1.38 bits per heavy atom. The SMILES string of the molecule is CN(CC(=O)NC1CC1)S(=O)(=O)c1ccc(C(C)(C)C)s1. The van der Waals surface area contributed by atoms with E-state index < -0.39 is 10.0 Å². The van der Waals surface area contributed by atoms with Gasteiger partial charge in [0.2, 0.25) is 5.91 Å². The highest BCUT2D eigenvalue weighted by Crippen LogP contribution is 2.32. The van der Waals surface area contributed by atoms with Crippen molar-refractivity contribution >= 4 is 27.3 Å². The fraction of sp³-hybridized carbons (Fsp3) is 0.643. The molecule has 1 aliphatic rings. The van der Waals surface area contributed by atoms with Crippen LogP contribution in [0.25, 0.3) is 0 Å². The van der Waals surface area contributed by atoms with Gasteiger partial charge in [-0.1, -0.05) is 20.8 Å². The maximum atomic E-state index is 12.5. The fourth-order valence-electron chi connectivity index (χ4n) is 1.80. The van der Waals surface area contributed by atoms with E-state index in [1.165, 1.54) is 18.4 Å². The number of likely N-dealkylation sites (N-methyl/N-ethyl adjacent to an activating group) is 1. The van der Waals surface area contributed by atoms with Crippen LogP contribution in [0.3, 0.4) is 0 Å². The maximum absolute atomic E-state index is 12.5. The molecule has 0 radical (unpaired) electrons. The number of rotatable bonds is 5. The molecule has 1 N–H and O–H groups in total. The molecule has 1 aliphatic carbocycles. The van der Waals surface area contributed by atoms with E-state index in [0.29, 0.717) is 0 Å². The Kier molecular flexibility index (Phi) is 4.46. The molecule has 0 spiro atoms. The van der Waals surface area contributed by atoms with E-state index in [1.54, 1.807) is 6.07 Å². The number of carbonyl (C=O) groups is 1. The number of sulfonamides is 1. The molecule has 0 saturated heterocycles. The van der Waals surface area contributed by atoms with Gasteiger partial charge in [0.25, 0.3) is 10.0 Å². The summed E-state index contributed by atoms with van der Waals surface area (Å²) in [6.45, 7) is 5.99. The minimum absolute atomic E-state index is 0.0830. The standard InChI is InChI=1S/C14H22N2O3S2/c1-14(2,3)11-7-8-13(20-11)21(18,19)16(4)9-12(17)15-10-5-6-10/h7-8,10H,5-6,9H2,1-4H3,(H,15,17). The van der Waals surface area contributed by atoms with E-state index in [4.69, 9.17) is 0 Å². The zero-order valence-electron chi connectivity index (χ0n) is 12.8. The maximum Gasteiger partial charge on any atom is 0.252 e.